The Morgan fingerprint density at radius 1 is 1.07 bits per heavy atom. The van der Waals surface area contributed by atoms with Crippen LogP contribution in [0.1, 0.15) is 50.5 Å². The Morgan fingerprint density at radius 2 is 1.74 bits per heavy atom. The molecule has 0 spiro atoms. The summed E-state index contributed by atoms with van der Waals surface area (Å²) in [5, 5.41) is 2.91. The lowest BCUT2D eigenvalue weighted by Gasteiger charge is -2.25. The third kappa shape index (κ3) is 5.67. The molecule has 0 bridgehead atoms. The third-order valence-corrected chi connectivity index (χ3v) is 7.44. The van der Waals surface area contributed by atoms with E-state index in [1.165, 1.54) is 0 Å². The summed E-state index contributed by atoms with van der Waals surface area (Å²) in [4.78, 5) is 12.4. The van der Waals surface area contributed by atoms with Gasteiger partial charge in [-0.3, -0.25) is 4.79 Å². The van der Waals surface area contributed by atoms with Crippen LogP contribution in [0.4, 0.5) is 0 Å². The van der Waals surface area contributed by atoms with Crippen molar-refractivity contribution in [3.8, 4) is 0 Å². The van der Waals surface area contributed by atoms with Crippen molar-refractivity contribution in [1.82, 2.24) is 9.62 Å². The number of carbonyl (C=O) groups is 1. The largest absolute Gasteiger partial charge is 0.352 e. The number of nitrogens with two attached hydrogens (primary N) is 1. The topological polar surface area (TPSA) is 92.5 Å². The van der Waals surface area contributed by atoms with Gasteiger partial charge >= 0.3 is 0 Å². The summed E-state index contributed by atoms with van der Waals surface area (Å²) in [5.41, 5.74) is 6.91. The fraction of sp³-hybridized carbons (Fsp3) is 0.632. The number of sulfonamides is 1. The van der Waals surface area contributed by atoms with Crippen LogP contribution in [0.2, 0.25) is 0 Å². The molecule has 2 atom stereocenters. The highest BCUT2D eigenvalue weighted by atomic mass is 35.5. The first-order chi connectivity index (χ1) is 12.5. The van der Waals surface area contributed by atoms with Gasteiger partial charge in [0.05, 0.1) is 4.90 Å². The molecule has 0 radical (unpaired) electrons. The quantitative estimate of drug-likeness (QED) is 0.746. The minimum absolute atomic E-state index is 0. The number of nitrogens with zero attached hydrogens (tertiary/aromatic N) is 1. The predicted octanol–water partition coefficient (Wildman–Crippen LogP) is 2.42. The van der Waals surface area contributed by atoms with Crippen molar-refractivity contribution in [1.29, 1.82) is 0 Å². The van der Waals surface area contributed by atoms with Gasteiger partial charge < -0.3 is 11.1 Å². The molecular weight excluding hydrogens is 386 g/mol. The highest BCUT2D eigenvalue weighted by Gasteiger charge is 2.27. The molecule has 27 heavy (non-hydrogen) atoms. The number of amides is 1. The zero-order valence-electron chi connectivity index (χ0n) is 15.6. The van der Waals surface area contributed by atoms with Crippen molar-refractivity contribution >= 4 is 28.3 Å². The maximum atomic E-state index is 12.6. The summed E-state index contributed by atoms with van der Waals surface area (Å²) in [6, 6.07) is 6.97. The van der Waals surface area contributed by atoms with Crippen LogP contribution in [0.25, 0.3) is 0 Å². The second-order valence-corrected chi connectivity index (χ2v) is 9.38. The van der Waals surface area contributed by atoms with E-state index in [1.54, 1.807) is 28.6 Å². The second-order valence-electron chi connectivity index (χ2n) is 7.44. The molecule has 1 aromatic carbocycles. The van der Waals surface area contributed by atoms with Crippen LogP contribution in [0.5, 0.6) is 0 Å². The van der Waals surface area contributed by atoms with Gasteiger partial charge in [0.2, 0.25) is 15.9 Å². The van der Waals surface area contributed by atoms with Gasteiger partial charge in [0.15, 0.2) is 0 Å². The summed E-state index contributed by atoms with van der Waals surface area (Å²) in [5.74, 6) is 0.296. The number of halogens is 1. The van der Waals surface area contributed by atoms with E-state index in [-0.39, 0.29) is 30.3 Å². The van der Waals surface area contributed by atoms with Crippen LogP contribution < -0.4 is 11.1 Å². The molecule has 1 saturated heterocycles. The Kier molecular flexibility index (Phi) is 8.09. The number of piperidine rings is 1. The van der Waals surface area contributed by atoms with E-state index in [4.69, 9.17) is 5.73 Å². The molecule has 1 aliphatic carbocycles. The van der Waals surface area contributed by atoms with E-state index < -0.39 is 10.0 Å². The fourth-order valence-electron chi connectivity index (χ4n) is 3.86. The normalized spacial score (nSPS) is 23.6. The van der Waals surface area contributed by atoms with Crippen LogP contribution in [0.15, 0.2) is 29.2 Å². The average molecular weight is 416 g/mol. The standard InChI is InChI=1S/C19H29N3O3S.ClH/c20-18-6-4-5-16(18)13-19(23)21-14-15-7-9-17(10-8-15)26(24,25)22-11-2-1-3-12-22;/h7-10,16,18H,1-6,11-14,20H2,(H,21,23);1H/t16-,18+;/m0./s1. The Balaban J connectivity index is 0.00000261. The van der Waals surface area contributed by atoms with Crippen LogP contribution in [0, 0.1) is 5.92 Å². The van der Waals surface area contributed by atoms with Gasteiger partial charge in [0, 0.05) is 32.1 Å². The first-order valence-corrected chi connectivity index (χ1v) is 11.0. The minimum atomic E-state index is -3.40. The van der Waals surface area contributed by atoms with Crippen molar-refractivity contribution in [2.24, 2.45) is 11.7 Å². The van der Waals surface area contributed by atoms with Gasteiger partial charge in [-0.05, 0) is 49.3 Å². The number of hydrogen-bond donors (Lipinski definition) is 2. The van der Waals surface area contributed by atoms with Crippen molar-refractivity contribution < 1.29 is 13.2 Å². The van der Waals surface area contributed by atoms with Crippen LogP contribution >= 0.6 is 12.4 Å². The molecular formula is C19H30ClN3O3S. The zero-order valence-corrected chi connectivity index (χ0v) is 17.2. The summed E-state index contributed by atoms with van der Waals surface area (Å²) >= 11 is 0. The third-order valence-electron chi connectivity index (χ3n) is 5.53. The summed E-state index contributed by atoms with van der Waals surface area (Å²) in [6.07, 6.45) is 6.55. The van der Waals surface area contributed by atoms with E-state index in [0.29, 0.717) is 31.0 Å². The highest BCUT2D eigenvalue weighted by molar-refractivity contribution is 7.89. The summed E-state index contributed by atoms with van der Waals surface area (Å²) in [6.45, 7) is 1.61. The maximum Gasteiger partial charge on any atom is 0.243 e. The molecule has 152 valence electrons. The van der Waals surface area contributed by atoms with Crippen LogP contribution in [-0.2, 0) is 21.4 Å². The van der Waals surface area contributed by atoms with Gasteiger partial charge in [0.1, 0.15) is 0 Å². The number of benzene rings is 1. The molecule has 1 aromatic rings. The number of nitrogens with one attached hydrogen (secondary N) is 1. The second kappa shape index (κ2) is 9.87. The van der Waals surface area contributed by atoms with Crippen molar-refractivity contribution in [3.63, 3.8) is 0 Å². The fourth-order valence-corrected chi connectivity index (χ4v) is 5.38. The Labute approximate surface area is 168 Å². The SMILES string of the molecule is Cl.N[C@@H]1CCC[C@H]1CC(=O)NCc1ccc(S(=O)(=O)N2CCCCC2)cc1. The molecule has 6 nitrogen and oxygen atoms in total. The van der Waals surface area contributed by atoms with Crippen molar-refractivity contribution in [2.45, 2.75) is 62.4 Å². The van der Waals surface area contributed by atoms with Gasteiger partial charge in [-0.15, -0.1) is 12.4 Å². The van der Waals surface area contributed by atoms with E-state index in [0.717, 1.165) is 44.1 Å². The molecule has 1 saturated carbocycles. The highest BCUT2D eigenvalue weighted by Crippen LogP contribution is 2.26. The predicted molar refractivity (Wildman–Crippen MR) is 108 cm³/mol. The molecule has 2 aliphatic rings. The van der Waals surface area contributed by atoms with Gasteiger partial charge in [0.25, 0.3) is 0 Å². The molecule has 3 rings (SSSR count). The molecule has 0 unspecified atom stereocenters. The lowest BCUT2D eigenvalue weighted by atomic mass is 10.00. The molecule has 1 amide bonds. The average Bonchev–Trinajstić information content (AvgIpc) is 3.06. The van der Waals surface area contributed by atoms with Gasteiger partial charge in [-0.2, -0.15) is 4.31 Å². The molecule has 3 N–H and O–H groups in total. The minimum Gasteiger partial charge on any atom is -0.352 e. The maximum absolute atomic E-state index is 12.6. The van der Waals surface area contributed by atoms with E-state index >= 15 is 0 Å². The number of hydrogen-bond acceptors (Lipinski definition) is 4. The van der Waals surface area contributed by atoms with Crippen molar-refractivity contribution in [2.75, 3.05) is 13.1 Å². The smallest absolute Gasteiger partial charge is 0.243 e. The van der Waals surface area contributed by atoms with Crippen LogP contribution in [-0.4, -0.2) is 37.8 Å². The van der Waals surface area contributed by atoms with E-state index in [9.17, 15) is 13.2 Å². The first kappa shape index (κ1) is 22.1. The van der Waals surface area contributed by atoms with Crippen LogP contribution in [0.3, 0.4) is 0 Å². The Hall–Kier alpha value is -1.15. The molecule has 8 heteroatoms. The number of carbonyl (C=O) groups excluding carboxylic acids is 1. The van der Waals surface area contributed by atoms with Crippen molar-refractivity contribution in [3.05, 3.63) is 29.8 Å². The molecule has 0 aromatic heterocycles. The molecule has 2 fully saturated rings. The van der Waals surface area contributed by atoms with E-state index in [1.807, 2.05) is 0 Å². The van der Waals surface area contributed by atoms with Gasteiger partial charge in [-0.25, -0.2) is 8.42 Å². The zero-order chi connectivity index (χ0) is 18.6. The Bertz CT molecular complexity index is 718. The molecule has 1 heterocycles. The monoisotopic (exact) mass is 415 g/mol. The molecule has 1 aliphatic heterocycles. The number of rotatable bonds is 6. The first-order valence-electron chi connectivity index (χ1n) is 9.58. The lowest BCUT2D eigenvalue weighted by Crippen LogP contribution is -2.35. The van der Waals surface area contributed by atoms with Gasteiger partial charge in [-0.1, -0.05) is 25.0 Å². The van der Waals surface area contributed by atoms with E-state index in [2.05, 4.69) is 5.32 Å². The summed E-state index contributed by atoms with van der Waals surface area (Å²) < 4.78 is 26.8. The Morgan fingerprint density at radius 3 is 2.33 bits per heavy atom. The lowest BCUT2D eigenvalue weighted by molar-refractivity contribution is -0.122. The summed E-state index contributed by atoms with van der Waals surface area (Å²) in [7, 11) is -3.40.